The topological polar surface area (TPSA) is 9.23 Å². The van der Waals surface area contributed by atoms with Crippen LogP contribution in [-0.2, 0) is 0 Å². The van der Waals surface area contributed by atoms with Crippen LogP contribution in [0.4, 0.5) is 0 Å². The zero-order valence-corrected chi connectivity index (χ0v) is 8.00. The highest BCUT2D eigenvalue weighted by Crippen LogP contribution is 2.12. The average molecular weight is 164 g/mol. The predicted molar refractivity (Wildman–Crippen MR) is 51.5 cm³/mol. The van der Waals surface area contributed by atoms with Crippen molar-refractivity contribution in [3.05, 3.63) is 29.8 Å². The van der Waals surface area contributed by atoms with E-state index in [-0.39, 0.29) is 0 Å². The summed E-state index contributed by atoms with van der Waals surface area (Å²) in [5.41, 5.74) is 1.25. The molecule has 0 fully saturated rings. The van der Waals surface area contributed by atoms with E-state index in [2.05, 4.69) is 32.9 Å². The first-order valence-corrected chi connectivity index (χ1v) is 4.38. The molecule has 0 aliphatic carbocycles. The lowest BCUT2D eigenvalue weighted by Gasteiger charge is -2.08. The molecule has 1 aromatic carbocycles. The first-order chi connectivity index (χ1) is 5.68. The van der Waals surface area contributed by atoms with Crippen LogP contribution in [0.1, 0.15) is 19.4 Å². The summed E-state index contributed by atoms with van der Waals surface area (Å²) in [5, 5.41) is 0. The molecule has 1 aromatic rings. The number of hydrogen-bond acceptors (Lipinski definition) is 1. The van der Waals surface area contributed by atoms with Gasteiger partial charge < -0.3 is 4.74 Å². The Morgan fingerprint density at radius 3 is 2.67 bits per heavy atom. The fourth-order valence-corrected chi connectivity index (χ4v) is 0.968. The maximum absolute atomic E-state index is 5.55. The highest BCUT2D eigenvalue weighted by Gasteiger charge is 1.95. The van der Waals surface area contributed by atoms with Crippen molar-refractivity contribution >= 4 is 0 Å². The molecule has 0 bridgehead atoms. The number of hydrogen-bond donors (Lipinski definition) is 0. The summed E-state index contributed by atoms with van der Waals surface area (Å²) < 4.78 is 5.55. The molecule has 1 nitrogen and oxygen atoms in total. The van der Waals surface area contributed by atoms with Gasteiger partial charge in [-0.05, 0) is 30.5 Å². The maximum Gasteiger partial charge on any atom is 0.119 e. The maximum atomic E-state index is 5.55. The zero-order valence-electron chi connectivity index (χ0n) is 8.00. The molecule has 0 aliphatic rings. The summed E-state index contributed by atoms with van der Waals surface area (Å²) in [7, 11) is 0. The van der Waals surface area contributed by atoms with Gasteiger partial charge in [0.1, 0.15) is 5.75 Å². The van der Waals surface area contributed by atoms with E-state index in [4.69, 9.17) is 4.74 Å². The van der Waals surface area contributed by atoms with Crippen molar-refractivity contribution in [1.29, 1.82) is 0 Å². The average Bonchev–Trinajstić information content (AvgIpc) is 2.01. The molecule has 0 aromatic heterocycles. The zero-order chi connectivity index (χ0) is 8.97. The molecular formula is C11H16O. The van der Waals surface area contributed by atoms with Gasteiger partial charge in [0.25, 0.3) is 0 Å². The van der Waals surface area contributed by atoms with Gasteiger partial charge in [-0.1, -0.05) is 26.0 Å². The van der Waals surface area contributed by atoms with Crippen LogP contribution in [0.25, 0.3) is 0 Å². The molecule has 0 unspecified atom stereocenters. The van der Waals surface area contributed by atoms with Crippen molar-refractivity contribution in [2.45, 2.75) is 20.8 Å². The molecule has 0 spiro atoms. The molecular weight excluding hydrogens is 148 g/mol. The predicted octanol–water partition coefficient (Wildman–Crippen LogP) is 3.03. The van der Waals surface area contributed by atoms with Crippen molar-refractivity contribution in [1.82, 2.24) is 0 Å². The molecule has 0 atom stereocenters. The van der Waals surface area contributed by atoms with Crippen molar-refractivity contribution in [3.8, 4) is 5.75 Å². The van der Waals surface area contributed by atoms with Gasteiger partial charge in [0.2, 0.25) is 0 Å². The second-order valence-corrected chi connectivity index (χ2v) is 3.52. The van der Waals surface area contributed by atoms with E-state index >= 15 is 0 Å². The minimum atomic E-state index is 0.588. The molecule has 1 heteroatoms. The van der Waals surface area contributed by atoms with Crippen molar-refractivity contribution in [2.75, 3.05) is 6.61 Å². The number of aryl methyl sites for hydroxylation is 1. The lowest BCUT2D eigenvalue weighted by atomic mass is 10.2. The van der Waals surface area contributed by atoms with Crippen LogP contribution in [0.2, 0.25) is 0 Å². The lowest BCUT2D eigenvalue weighted by molar-refractivity contribution is 0.271. The van der Waals surface area contributed by atoms with Gasteiger partial charge in [-0.2, -0.15) is 0 Å². The van der Waals surface area contributed by atoms with Gasteiger partial charge in [-0.3, -0.25) is 0 Å². The van der Waals surface area contributed by atoms with E-state index in [0.717, 1.165) is 12.4 Å². The van der Waals surface area contributed by atoms with Crippen molar-refractivity contribution in [2.24, 2.45) is 5.92 Å². The van der Waals surface area contributed by atoms with Crippen molar-refractivity contribution in [3.63, 3.8) is 0 Å². The molecule has 0 radical (unpaired) electrons. The molecule has 0 aliphatic heterocycles. The van der Waals surface area contributed by atoms with E-state index in [1.54, 1.807) is 0 Å². The highest BCUT2D eigenvalue weighted by atomic mass is 16.5. The minimum absolute atomic E-state index is 0.588. The summed E-state index contributed by atoms with van der Waals surface area (Å²) in [6, 6.07) is 8.14. The Labute approximate surface area is 74.4 Å². The van der Waals surface area contributed by atoms with Gasteiger partial charge in [0, 0.05) is 0 Å². The van der Waals surface area contributed by atoms with Gasteiger partial charge in [-0.15, -0.1) is 0 Å². The molecule has 66 valence electrons. The normalized spacial score (nSPS) is 10.3. The molecule has 0 saturated heterocycles. The smallest absolute Gasteiger partial charge is 0.119 e. The van der Waals surface area contributed by atoms with E-state index in [1.807, 2.05) is 12.1 Å². The van der Waals surface area contributed by atoms with Gasteiger partial charge in [0.05, 0.1) is 6.61 Å². The Bertz CT molecular complexity index is 241. The van der Waals surface area contributed by atoms with Crippen LogP contribution in [0, 0.1) is 12.8 Å². The summed E-state index contributed by atoms with van der Waals surface area (Å²) in [4.78, 5) is 0. The largest absolute Gasteiger partial charge is 0.493 e. The Morgan fingerprint density at radius 1 is 1.33 bits per heavy atom. The van der Waals surface area contributed by atoms with E-state index in [0.29, 0.717) is 5.92 Å². The SMILES string of the molecule is Cc1cccc(OCC(C)C)c1. The van der Waals surface area contributed by atoms with Crippen LogP contribution >= 0.6 is 0 Å². The first-order valence-electron chi connectivity index (χ1n) is 4.38. The monoisotopic (exact) mass is 164 g/mol. The van der Waals surface area contributed by atoms with Gasteiger partial charge >= 0.3 is 0 Å². The van der Waals surface area contributed by atoms with E-state index < -0.39 is 0 Å². The Balaban J connectivity index is 2.52. The third-order valence-electron chi connectivity index (χ3n) is 1.57. The summed E-state index contributed by atoms with van der Waals surface area (Å²) in [5.74, 6) is 1.56. The second-order valence-electron chi connectivity index (χ2n) is 3.52. The molecule has 1 rings (SSSR count). The van der Waals surface area contributed by atoms with E-state index in [9.17, 15) is 0 Å². The van der Waals surface area contributed by atoms with Crippen LogP contribution in [0.5, 0.6) is 5.75 Å². The van der Waals surface area contributed by atoms with Crippen LogP contribution in [-0.4, -0.2) is 6.61 Å². The fourth-order valence-electron chi connectivity index (χ4n) is 0.968. The molecule has 0 N–H and O–H groups in total. The first kappa shape index (κ1) is 9.11. The van der Waals surface area contributed by atoms with Gasteiger partial charge in [0.15, 0.2) is 0 Å². The minimum Gasteiger partial charge on any atom is -0.493 e. The molecule has 0 heterocycles. The lowest BCUT2D eigenvalue weighted by Crippen LogP contribution is -2.04. The molecule has 12 heavy (non-hydrogen) atoms. The summed E-state index contributed by atoms with van der Waals surface area (Å²) in [6.45, 7) is 7.16. The second kappa shape index (κ2) is 4.15. The number of benzene rings is 1. The van der Waals surface area contributed by atoms with Crippen LogP contribution in [0.15, 0.2) is 24.3 Å². The number of rotatable bonds is 3. The summed E-state index contributed by atoms with van der Waals surface area (Å²) >= 11 is 0. The Hall–Kier alpha value is -0.980. The number of ether oxygens (including phenoxy) is 1. The highest BCUT2D eigenvalue weighted by molar-refractivity contribution is 5.27. The van der Waals surface area contributed by atoms with Crippen molar-refractivity contribution < 1.29 is 4.74 Å². The van der Waals surface area contributed by atoms with Crippen LogP contribution < -0.4 is 4.74 Å². The fraction of sp³-hybridized carbons (Fsp3) is 0.455. The summed E-state index contributed by atoms with van der Waals surface area (Å²) in [6.07, 6.45) is 0. The molecule has 0 saturated carbocycles. The third kappa shape index (κ3) is 2.95. The van der Waals surface area contributed by atoms with Crippen LogP contribution in [0.3, 0.4) is 0 Å². The molecule has 0 amide bonds. The Kier molecular flexibility index (Phi) is 3.15. The Morgan fingerprint density at radius 2 is 2.08 bits per heavy atom. The van der Waals surface area contributed by atoms with Gasteiger partial charge in [-0.25, -0.2) is 0 Å². The quantitative estimate of drug-likeness (QED) is 0.667. The third-order valence-corrected chi connectivity index (χ3v) is 1.57. The van der Waals surface area contributed by atoms with E-state index in [1.165, 1.54) is 5.56 Å². The standard InChI is InChI=1S/C11H16O/c1-9(2)8-12-11-6-4-5-10(3)7-11/h4-7,9H,8H2,1-3H3.